The van der Waals surface area contributed by atoms with E-state index in [2.05, 4.69) is 4.98 Å². The fourth-order valence-corrected chi connectivity index (χ4v) is 3.56. The normalized spacial score (nSPS) is 21.7. The number of carboxylic acids is 1. The van der Waals surface area contributed by atoms with Gasteiger partial charge in [-0.1, -0.05) is 38.5 Å². The zero-order valence-corrected chi connectivity index (χ0v) is 18.3. The van der Waals surface area contributed by atoms with Crippen molar-refractivity contribution in [1.29, 1.82) is 0 Å². The summed E-state index contributed by atoms with van der Waals surface area (Å²) in [5.74, 6) is -5.30. The van der Waals surface area contributed by atoms with Gasteiger partial charge in [-0.3, -0.25) is 14.2 Å². The highest BCUT2D eigenvalue weighted by Gasteiger charge is 2.60. The molecule has 1 saturated heterocycles. The number of aromatic nitrogens is 2. The van der Waals surface area contributed by atoms with E-state index in [1.807, 2.05) is 0 Å². The summed E-state index contributed by atoms with van der Waals surface area (Å²) < 4.78 is 39.5. The van der Waals surface area contributed by atoms with Crippen LogP contribution in [-0.4, -0.2) is 56.4 Å². The fourth-order valence-electron chi connectivity index (χ4n) is 3.56. The van der Waals surface area contributed by atoms with Crippen LogP contribution >= 0.6 is 0 Å². The Balaban J connectivity index is 1.65. The average molecular weight is 475 g/mol. The molecule has 10 nitrogen and oxygen atoms in total. The van der Waals surface area contributed by atoms with Crippen molar-refractivity contribution < 1.29 is 38.1 Å². The quantitative estimate of drug-likeness (QED) is 0.271. The molecule has 0 bridgehead atoms. The first-order chi connectivity index (χ1) is 15.6. The van der Waals surface area contributed by atoms with Crippen LogP contribution in [0.5, 0.6) is 0 Å². The molecule has 0 unspecified atom stereocenters. The van der Waals surface area contributed by atoms with Gasteiger partial charge in [-0.25, -0.2) is 4.79 Å². The average Bonchev–Trinajstić information content (AvgIpc) is 2.96. The zero-order valence-electron chi connectivity index (χ0n) is 18.3. The molecule has 1 fully saturated rings. The number of carbonyl (C=O) groups excluding carboxylic acids is 1. The van der Waals surface area contributed by atoms with Crippen LogP contribution in [0, 0.1) is 0 Å². The number of unbranched alkanes of at least 4 members (excludes halogenated alkanes) is 7. The zero-order chi connectivity index (χ0) is 24.4. The number of hydrogen-bond donors (Lipinski definition) is 3. The second-order valence-corrected chi connectivity index (χ2v) is 8.09. The number of aliphatic carboxylic acids is 1. The van der Waals surface area contributed by atoms with E-state index >= 15 is 0 Å². The minimum absolute atomic E-state index is 0.114. The largest absolute Gasteiger partial charge is 0.481 e. The van der Waals surface area contributed by atoms with Crippen molar-refractivity contribution in [2.24, 2.45) is 0 Å². The molecule has 186 valence electrons. The maximum Gasteiger partial charge on any atom is 0.351 e. The highest BCUT2D eigenvalue weighted by molar-refractivity contribution is 5.69. The molecule has 0 aliphatic carbocycles. The number of hydrogen-bond acceptors (Lipinski definition) is 8. The summed E-state index contributed by atoms with van der Waals surface area (Å²) >= 11 is 0. The van der Waals surface area contributed by atoms with Crippen LogP contribution in [0.3, 0.4) is 0 Å². The van der Waals surface area contributed by atoms with Gasteiger partial charge in [-0.2, -0.15) is 13.8 Å². The fraction of sp³-hybridized carbons (Fsp3) is 0.714. The van der Waals surface area contributed by atoms with Crippen molar-refractivity contribution in [3.63, 3.8) is 0 Å². The first kappa shape index (κ1) is 26.7. The first-order valence-electron chi connectivity index (χ1n) is 11.1. The number of aliphatic hydroxyl groups excluding tert-OH is 1. The van der Waals surface area contributed by atoms with Crippen molar-refractivity contribution in [3.05, 3.63) is 22.7 Å². The topological polar surface area (TPSA) is 154 Å². The molecule has 1 aromatic heterocycles. The van der Waals surface area contributed by atoms with Crippen LogP contribution < -0.4 is 11.4 Å². The molecule has 1 aromatic rings. The molecular formula is C21H31F2N3O7. The molecule has 12 heteroatoms. The van der Waals surface area contributed by atoms with Gasteiger partial charge in [0.2, 0.25) is 6.23 Å². The summed E-state index contributed by atoms with van der Waals surface area (Å²) in [7, 11) is 0. The van der Waals surface area contributed by atoms with Crippen LogP contribution in [0.1, 0.15) is 70.4 Å². The Morgan fingerprint density at radius 2 is 1.70 bits per heavy atom. The lowest BCUT2D eigenvalue weighted by Gasteiger charge is -2.20. The third kappa shape index (κ3) is 8.04. The van der Waals surface area contributed by atoms with E-state index in [-0.39, 0.29) is 18.7 Å². The van der Waals surface area contributed by atoms with E-state index in [1.165, 1.54) is 0 Å². The summed E-state index contributed by atoms with van der Waals surface area (Å²) in [6, 6.07) is 1.15. The molecule has 33 heavy (non-hydrogen) atoms. The number of anilines is 1. The molecular weight excluding hydrogens is 444 g/mol. The van der Waals surface area contributed by atoms with Crippen LogP contribution in [0.2, 0.25) is 0 Å². The second-order valence-electron chi connectivity index (χ2n) is 8.09. The number of carboxylic acid groups (broad SMARTS) is 1. The molecule has 2 heterocycles. The number of esters is 1. The predicted molar refractivity (Wildman–Crippen MR) is 113 cm³/mol. The smallest absolute Gasteiger partial charge is 0.351 e. The number of ether oxygens (including phenoxy) is 2. The van der Waals surface area contributed by atoms with Gasteiger partial charge < -0.3 is 25.4 Å². The van der Waals surface area contributed by atoms with Crippen LogP contribution in [0.15, 0.2) is 17.1 Å². The van der Waals surface area contributed by atoms with E-state index < -0.39 is 48.6 Å². The van der Waals surface area contributed by atoms with E-state index in [4.69, 9.17) is 20.3 Å². The number of nitrogens with two attached hydrogens (primary N) is 1. The Hall–Kier alpha value is -2.60. The number of carbonyl (C=O) groups is 2. The molecule has 0 radical (unpaired) electrons. The SMILES string of the molecule is Nc1ccn([C@@H]2O[C@H](COC(=O)CCCCCCCCCCC(=O)O)[C@@H](O)C2(F)F)c(=O)n1. The predicted octanol–water partition coefficient (Wildman–Crippen LogP) is 2.25. The first-order valence-corrected chi connectivity index (χ1v) is 11.1. The summed E-state index contributed by atoms with van der Waals surface area (Å²) in [5.41, 5.74) is 4.30. The number of alkyl halides is 2. The van der Waals surface area contributed by atoms with Crippen LogP contribution in [0.25, 0.3) is 0 Å². The molecule has 3 atom stereocenters. The maximum atomic E-state index is 14.4. The number of aliphatic hydroxyl groups is 1. The number of nitrogen functional groups attached to an aromatic ring is 1. The van der Waals surface area contributed by atoms with Crippen molar-refractivity contribution in [2.45, 2.75) is 88.6 Å². The van der Waals surface area contributed by atoms with Gasteiger partial charge >= 0.3 is 23.6 Å². The van der Waals surface area contributed by atoms with Gasteiger partial charge in [0.05, 0.1) is 0 Å². The van der Waals surface area contributed by atoms with Crippen LogP contribution in [0.4, 0.5) is 14.6 Å². The molecule has 0 aromatic carbocycles. The van der Waals surface area contributed by atoms with Crippen LogP contribution in [-0.2, 0) is 19.1 Å². The van der Waals surface area contributed by atoms with Crippen molar-refractivity contribution >= 4 is 17.8 Å². The lowest BCUT2D eigenvalue weighted by molar-refractivity contribution is -0.150. The van der Waals surface area contributed by atoms with Gasteiger partial charge in [0, 0.05) is 19.0 Å². The maximum absolute atomic E-state index is 14.4. The minimum Gasteiger partial charge on any atom is -0.481 e. The highest BCUT2D eigenvalue weighted by atomic mass is 19.3. The summed E-state index contributed by atoms with van der Waals surface area (Å²) in [6.07, 6.45) is 2.29. The van der Waals surface area contributed by atoms with Gasteiger partial charge in [0.15, 0.2) is 6.10 Å². The van der Waals surface area contributed by atoms with E-state index in [0.29, 0.717) is 17.4 Å². The van der Waals surface area contributed by atoms with Gasteiger partial charge in [-0.05, 0) is 18.9 Å². The Kier molecular flexibility index (Phi) is 10.2. The lowest BCUT2D eigenvalue weighted by atomic mass is 10.1. The number of rotatable bonds is 14. The summed E-state index contributed by atoms with van der Waals surface area (Å²) in [5, 5.41) is 18.5. The lowest BCUT2D eigenvalue weighted by Crippen LogP contribution is -2.42. The molecule has 2 rings (SSSR count). The van der Waals surface area contributed by atoms with Gasteiger partial charge in [-0.15, -0.1) is 0 Å². The van der Waals surface area contributed by atoms with E-state index in [9.17, 15) is 28.3 Å². The third-order valence-electron chi connectivity index (χ3n) is 5.41. The highest BCUT2D eigenvalue weighted by Crippen LogP contribution is 2.42. The van der Waals surface area contributed by atoms with Crippen molar-refractivity contribution in [1.82, 2.24) is 9.55 Å². The second kappa shape index (κ2) is 12.6. The van der Waals surface area contributed by atoms with Gasteiger partial charge in [0.1, 0.15) is 18.5 Å². The van der Waals surface area contributed by atoms with Gasteiger partial charge in [0.25, 0.3) is 0 Å². The molecule has 4 N–H and O–H groups in total. The Morgan fingerprint density at radius 3 is 2.27 bits per heavy atom. The number of halogens is 2. The van der Waals surface area contributed by atoms with Crippen molar-refractivity contribution in [3.8, 4) is 0 Å². The Morgan fingerprint density at radius 1 is 1.12 bits per heavy atom. The Labute approximate surface area is 189 Å². The monoisotopic (exact) mass is 475 g/mol. The van der Waals surface area contributed by atoms with E-state index in [1.54, 1.807) is 0 Å². The number of nitrogens with zero attached hydrogens (tertiary/aromatic N) is 2. The minimum atomic E-state index is -3.80. The molecule has 1 aliphatic rings. The molecule has 0 amide bonds. The summed E-state index contributed by atoms with van der Waals surface area (Å²) in [4.78, 5) is 37.5. The molecule has 0 spiro atoms. The van der Waals surface area contributed by atoms with E-state index in [0.717, 1.165) is 50.8 Å². The molecule has 0 saturated carbocycles. The van der Waals surface area contributed by atoms with Crippen molar-refractivity contribution in [2.75, 3.05) is 12.3 Å². The Bertz CT molecular complexity index is 849. The summed E-state index contributed by atoms with van der Waals surface area (Å²) in [6.45, 7) is -0.570. The third-order valence-corrected chi connectivity index (χ3v) is 5.41. The standard InChI is InChI=1S/C21H31F2N3O7/c22-21(23)18(30)14(33-19(21)26-12-11-15(24)25-20(26)31)13-32-17(29)10-8-6-4-2-1-3-5-7-9-16(27)28/h11-12,14,18-19,30H,1-10,13H2,(H,27,28)(H2,24,25,31)/t14-,18-,19-/m1/s1. The molecule has 1 aliphatic heterocycles.